The molecule has 1 aromatic carbocycles. The molecule has 0 saturated carbocycles. The number of ether oxygens (including phenoxy) is 2. The van der Waals surface area contributed by atoms with Gasteiger partial charge in [0.2, 0.25) is 5.91 Å². The van der Waals surface area contributed by atoms with E-state index >= 15 is 0 Å². The minimum Gasteiger partial charge on any atom is -0.493 e. The maximum Gasteiger partial charge on any atom is 0.303 e. The molecule has 2 amide bonds. The maximum absolute atomic E-state index is 12.3. The minimum absolute atomic E-state index is 0.00945. The van der Waals surface area contributed by atoms with Gasteiger partial charge >= 0.3 is 5.97 Å². The molecule has 26 heavy (non-hydrogen) atoms. The average Bonchev–Trinajstić information content (AvgIpc) is 2.66. The lowest BCUT2D eigenvalue weighted by Gasteiger charge is -2.34. The van der Waals surface area contributed by atoms with E-state index < -0.39 is 5.97 Å². The Labute approximate surface area is 152 Å². The summed E-state index contributed by atoms with van der Waals surface area (Å²) in [6.07, 6.45) is 0.543. The monoisotopic (exact) mass is 364 g/mol. The number of amides is 2. The number of benzene rings is 1. The first-order valence-electron chi connectivity index (χ1n) is 8.54. The highest BCUT2D eigenvalue weighted by molar-refractivity contribution is 5.79. The van der Waals surface area contributed by atoms with Crippen LogP contribution in [0.1, 0.15) is 19.3 Å². The number of hydrogen-bond acceptors (Lipinski definition) is 5. The number of carbonyl (C=O) groups is 3. The Balaban J connectivity index is 1.74. The Morgan fingerprint density at radius 3 is 2.12 bits per heavy atom. The highest BCUT2D eigenvalue weighted by Crippen LogP contribution is 2.25. The number of piperazine rings is 1. The molecule has 8 heteroatoms. The summed E-state index contributed by atoms with van der Waals surface area (Å²) in [6.45, 7) is 1.70. The Morgan fingerprint density at radius 1 is 0.962 bits per heavy atom. The number of carboxylic acid groups (broad SMARTS) is 1. The van der Waals surface area contributed by atoms with Gasteiger partial charge in [0, 0.05) is 39.0 Å². The highest BCUT2D eigenvalue weighted by atomic mass is 16.5. The largest absolute Gasteiger partial charge is 0.493 e. The van der Waals surface area contributed by atoms with Crippen LogP contribution in [0.4, 0.5) is 0 Å². The zero-order chi connectivity index (χ0) is 18.9. The molecule has 8 nitrogen and oxygen atoms in total. The van der Waals surface area contributed by atoms with Gasteiger partial charge < -0.3 is 24.4 Å². The van der Waals surface area contributed by atoms with E-state index in [9.17, 15) is 14.4 Å². The van der Waals surface area contributed by atoms with E-state index in [1.807, 2.05) is 6.07 Å². The highest BCUT2D eigenvalue weighted by Gasteiger charge is 2.24. The van der Waals surface area contributed by atoms with Gasteiger partial charge in [-0.05, 0) is 18.6 Å². The predicted molar refractivity (Wildman–Crippen MR) is 93.1 cm³/mol. The lowest BCUT2D eigenvalue weighted by atomic mass is 10.2. The summed E-state index contributed by atoms with van der Waals surface area (Å²) in [7, 11) is 1.54. The van der Waals surface area contributed by atoms with Gasteiger partial charge in [0.25, 0.3) is 5.91 Å². The smallest absolute Gasteiger partial charge is 0.303 e. The van der Waals surface area contributed by atoms with Gasteiger partial charge in [0.05, 0.1) is 7.11 Å². The van der Waals surface area contributed by atoms with Gasteiger partial charge in [0.1, 0.15) is 0 Å². The van der Waals surface area contributed by atoms with Gasteiger partial charge in [-0.15, -0.1) is 0 Å². The van der Waals surface area contributed by atoms with Crippen LogP contribution in [0.5, 0.6) is 11.5 Å². The fourth-order valence-corrected chi connectivity index (χ4v) is 2.72. The average molecular weight is 364 g/mol. The van der Waals surface area contributed by atoms with Crippen molar-refractivity contribution in [2.75, 3.05) is 39.9 Å². The topological polar surface area (TPSA) is 96.4 Å². The maximum atomic E-state index is 12.3. The zero-order valence-electron chi connectivity index (χ0n) is 14.8. The number of rotatable bonds is 8. The van der Waals surface area contributed by atoms with Crippen molar-refractivity contribution in [3.05, 3.63) is 24.3 Å². The third kappa shape index (κ3) is 5.65. The van der Waals surface area contributed by atoms with Crippen molar-refractivity contribution in [2.45, 2.75) is 19.3 Å². The molecule has 1 N–H and O–H groups in total. The number of aliphatic carboxylic acids is 1. The van der Waals surface area contributed by atoms with E-state index in [4.69, 9.17) is 14.6 Å². The van der Waals surface area contributed by atoms with Crippen LogP contribution in [0.3, 0.4) is 0 Å². The molecule has 1 aliphatic rings. The molecule has 0 aliphatic carbocycles. The van der Waals surface area contributed by atoms with Crippen molar-refractivity contribution in [3.8, 4) is 11.5 Å². The second-order valence-electron chi connectivity index (χ2n) is 5.95. The molecule has 0 unspecified atom stereocenters. The molecule has 1 fully saturated rings. The normalized spacial score (nSPS) is 14.0. The summed E-state index contributed by atoms with van der Waals surface area (Å²) in [5.41, 5.74) is 0. The van der Waals surface area contributed by atoms with Crippen LogP contribution in [0.15, 0.2) is 24.3 Å². The molecule has 0 atom stereocenters. The number of carboxylic acids is 1. The van der Waals surface area contributed by atoms with E-state index in [1.165, 1.54) is 7.11 Å². The van der Waals surface area contributed by atoms with Crippen molar-refractivity contribution < 1.29 is 29.0 Å². The van der Waals surface area contributed by atoms with E-state index in [0.29, 0.717) is 44.1 Å². The second-order valence-corrected chi connectivity index (χ2v) is 5.95. The van der Waals surface area contributed by atoms with E-state index in [-0.39, 0.29) is 31.3 Å². The molecule has 0 spiro atoms. The summed E-state index contributed by atoms with van der Waals surface area (Å²) in [5.74, 6) is -0.0339. The summed E-state index contributed by atoms with van der Waals surface area (Å²) < 4.78 is 10.7. The molecule has 2 rings (SSSR count). The van der Waals surface area contributed by atoms with Crippen molar-refractivity contribution >= 4 is 17.8 Å². The Morgan fingerprint density at radius 2 is 1.54 bits per heavy atom. The molecule has 0 aromatic heterocycles. The molecule has 1 aromatic rings. The number of para-hydroxylation sites is 2. The first-order chi connectivity index (χ1) is 12.5. The second kappa shape index (κ2) is 9.65. The van der Waals surface area contributed by atoms with Crippen molar-refractivity contribution in [3.63, 3.8) is 0 Å². The van der Waals surface area contributed by atoms with E-state index in [2.05, 4.69) is 0 Å². The number of carbonyl (C=O) groups excluding carboxylic acids is 2. The van der Waals surface area contributed by atoms with Gasteiger partial charge in [-0.1, -0.05) is 12.1 Å². The number of methoxy groups -OCH3 is 1. The zero-order valence-corrected chi connectivity index (χ0v) is 14.8. The third-order valence-electron chi connectivity index (χ3n) is 4.19. The molecule has 1 saturated heterocycles. The molecule has 1 heterocycles. The van der Waals surface area contributed by atoms with Crippen LogP contribution in [-0.2, 0) is 14.4 Å². The van der Waals surface area contributed by atoms with Crippen LogP contribution in [0, 0.1) is 0 Å². The van der Waals surface area contributed by atoms with Gasteiger partial charge in [-0.2, -0.15) is 0 Å². The quantitative estimate of drug-likeness (QED) is 0.739. The predicted octanol–water partition coefficient (Wildman–Crippen LogP) is 1.000. The van der Waals surface area contributed by atoms with Gasteiger partial charge in [-0.3, -0.25) is 14.4 Å². The van der Waals surface area contributed by atoms with Gasteiger partial charge in [-0.25, -0.2) is 0 Å². The number of hydrogen-bond donors (Lipinski definition) is 1. The Bertz CT molecular complexity index is 640. The Hall–Kier alpha value is -2.77. The SMILES string of the molecule is COc1ccccc1OCC(=O)N1CCN(C(=O)CCCC(=O)O)CC1. The first kappa shape index (κ1) is 19.6. The fraction of sp³-hybridized carbons (Fsp3) is 0.500. The van der Waals surface area contributed by atoms with Crippen molar-refractivity contribution in [1.82, 2.24) is 9.80 Å². The summed E-state index contributed by atoms with van der Waals surface area (Å²) in [6, 6.07) is 7.12. The van der Waals surface area contributed by atoms with E-state index in [0.717, 1.165) is 0 Å². The molecular formula is C18H24N2O6. The number of nitrogens with zero attached hydrogens (tertiary/aromatic N) is 2. The van der Waals surface area contributed by atoms with Crippen LogP contribution in [-0.4, -0.2) is 72.6 Å². The van der Waals surface area contributed by atoms with Crippen LogP contribution < -0.4 is 9.47 Å². The van der Waals surface area contributed by atoms with Gasteiger partial charge in [0.15, 0.2) is 18.1 Å². The first-order valence-corrected chi connectivity index (χ1v) is 8.54. The molecule has 0 radical (unpaired) electrons. The standard InChI is InChI=1S/C18H24N2O6/c1-25-14-5-2-3-6-15(14)26-13-17(22)20-11-9-19(10-12-20)16(21)7-4-8-18(23)24/h2-3,5-6H,4,7-13H2,1H3,(H,23,24). The summed E-state index contributed by atoms with van der Waals surface area (Å²) in [5, 5.41) is 8.61. The lowest BCUT2D eigenvalue weighted by molar-refractivity contribution is -0.141. The van der Waals surface area contributed by atoms with Crippen LogP contribution >= 0.6 is 0 Å². The van der Waals surface area contributed by atoms with Crippen LogP contribution in [0.2, 0.25) is 0 Å². The minimum atomic E-state index is -0.900. The van der Waals surface area contributed by atoms with Crippen LogP contribution in [0.25, 0.3) is 0 Å². The fourth-order valence-electron chi connectivity index (χ4n) is 2.72. The molecule has 142 valence electrons. The third-order valence-corrected chi connectivity index (χ3v) is 4.19. The molecule has 0 bridgehead atoms. The summed E-state index contributed by atoms with van der Waals surface area (Å²) in [4.78, 5) is 38.1. The summed E-state index contributed by atoms with van der Waals surface area (Å²) >= 11 is 0. The van der Waals surface area contributed by atoms with E-state index in [1.54, 1.807) is 28.0 Å². The molecule has 1 aliphatic heterocycles. The van der Waals surface area contributed by atoms with Crippen molar-refractivity contribution in [2.24, 2.45) is 0 Å². The van der Waals surface area contributed by atoms with Crippen molar-refractivity contribution in [1.29, 1.82) is 0 Å². The Kier molecular flexibility index (Phi) is 7.25. The molecular weight excluding hydrogens is 340 g/mol. The lowest BCUT2D eigenvalue weighted by Crippen LogP contribution is -2.51.